The second-order valence-electron chi connectivity index (χ2n) is 7.59. The van der Waals surface area contributed by atoms with Gasteiger partial charge in [-0.2, -0.15) is 0 Å². The number of carbonyl (C=O) groups is 1. The van der Waals surface area contributed by atoms with Crippen molar-refractivity contribution in [3.8, 4) is 0 Å². The zero-order valence-electron chi connectivity index (χ0n) is 16.0. The molecule has 2 aliphatic heterocycles. The Kier molecular flexibility index (Phi) is 4.48. The Balaban J connectivity index is 1.37. The number of ether oxygens (including phenoxy) is 1. The summed E-state index contributed by atoms with van der Waals surface area (Å²) >= 11 is 0. The van der Waals surface area contributed by atoms with Crippen molar-refractivity contribution in [2.45, 2.75) is 25.0 Å². The first-order valence-corrected chi connectivity index (χ1v) is 9.74. The molecule has 3 aromatic rings. The van der Waals surface area contributed by atoms with E-state index in [2.05, 4.69) is 32.4 Å². The Morgan fingerprint density at radius 2 is 2.17 bits per heavy atom. The number of hydrogen-bond donors (Lipinski definition) is 2. The van der Waals surface area contributed by atoms with Gasteiger partial charge in [-0.1, -0.05) is 30.3 Å². The van der Waals surface area contributed by atoms with E-state index in [9.17, 15) is 4.79 Å². The highest BCUT2D eigenvalue weighted by atomic mass is 16.5. The number of fused-ring (bicyclic) bond motifs is 2. The number of aromatic amines is 1. The van der Waals surface area contributed by atoms with Crippen LogP contribution in [0.3, 0.4) is 0 Å². The van der Waals surface area contributed by atoms with E-state index in [4.69, 9.17) is 9.72 Å². The van der Waals surface area contributed by atoms with Crippen LogP contribution >= 0.6 is 0 Å². The summed E-state index contributed by atoms with van der Waals surface area (Å²) in [4.78, 5) is 30.9. The second kappa shape index (κ2) is 7.29. The third-order valence-corrected chi connectivity index (χ3v) is 5.64. The molecule has 1 amide bonds. The quantitative estimate of drug-likeness (QED) is 0.709. The molecule has 1 saturated heterocycles. The molecular formula is C21H22N6O2. The van der Waals surface area contributed by atoms with Gasteiger partial charge in [-0.05, 0) is 12.0 Å². The third kappa shape index (κ3) is 3.36. The van der Waals surface area contributed by atoms with Gasteiger partial charge < -0.3 is 19.9 Å². The van der Waals surface area contributed by atoms with Crippen molar-refractivity contribution in [1.82, 2.24) is 24.8 Å². The van der Waals surface area contributed by atoms with Gasteiger partial charge >= 0.3 is 0 Å². The summed E-state index contributed by atoms with van der Waals surface area (Å²) in [6.07, 6.45) is 5.90. The summed E-state index contributed by atoms with van der Waals surface area (Å²) in [5.74, 6) is 0.882. The third-order valence-electron chi connectivity index (χ3n) is 5.64. The van der Waals surface area contributed by atoms with Crippen molar-refractivity contribution >= 4 is 11.9 Å². The van der Waals surface area contributed by atoms with Gasteiger partial charge in [0.25, 0.3) is 5.91 Å². The van der Waals surface area contributed by atoms with Gasteiger partial charge in [0.1, 0.15) is 0 Å². The van der Waals surface area contributed by atoms with Crippen molar-refractivity contribution in [2.75, 3.05) is 25.0 Å². The number of amides is 1. The molecule has 8 nitrogen and oxygen atoms in total. The van der Waals surface area contributed by atoms with Crippen LogP contribution in [-0.4, -0.2) is 50.4 Å². The maximum atomic E-state index is 12.7. The molecular weight excluding hydrogens is 368 g/mol. The maximum absolute atomic E-state index is 12.7. The Bertz CT molecular complexity index is 1010. The number of imidazole rings is 1. The van der Waals surface area contributed by atoms with E-state index in [1.54, 1.807) is 12.4 Å². The fourth-order valence-corrected chi connectivity index (χ4v) is 4.15. The summed E-state index contributed by atoms with van der Waals surface area (Å²) in [5.41, 5.74) is 2.85. The maximum Gasteiger partial charge on any atom is 0.289 e. The van der Waals surface area contributed by atoms with E-state index in [1.165, 1.54) is 5.56 Å². The van der Waals surface area contributed by atoms with Gasteiger partial charge in [-0.3, -0.25) is 4.79 Å². The Morgan fingerprint density at radius 3 is 3.00 bits per heavy atom. The first kappa shape index (κ1) is 17.8. The van der Waals surface area contributed by atoms with E-state index in [-0.39, 0.29) is 11.3 Å². The predicted molar refractivity (Wildman–Crippen MR) is 106 cm³/mol. The number of H-pyrrole nitrogens is 1. The lowest BCUT2D eigenvalue weighted by molar-refractivity contribution is 0.0483. The van der Waals surface area contributed by atoms with Crippen molar-refractivity contribution in [3.63, 3.8) is 0 Å². The zero-order valence-corrected chi connectivity index (χ0v) is 16.0. The first-order chi connectivity index (χ1) is 14.2. The SMILES string of the molecule is O=C(c1ncc[nH]1)N1CCC2(COCc3cnc(NCc4ccccc4)nc32)C1. The van der Waals surface area contributed by atoms with Crippen LogP contribution in [0.15, 0.2) is 48.9 Å². The lowest BCUT2D eigenvalue weighted by atomic mass is 9.80. The van der Waals surface area contributed by atoms with Crippen LogP contribution in [0.25, 0.3) is 0 Å². The molecule has 2 N–H and O–H groups in total. The van der Waals surface area contributed by atoms with Gasteiger partial charge in [0.15, 0.2) is 5.82 Å². The minimum atomic E-state index is -0.304. The number of benzene rings is 1. The minimum Gasteiger partial charge on any atom is -0.376 e. The molecule has 148 valence electrons. The predicted octanol–water partition coefficient (Wildman–Crippen LogP) is 2.13. The topological polar surface area (TPSA) is 96.0 Å². The molecule has 2 aliphatic rings. The molecule has 4 heterocycles. The van der Waals surface area contributed by atoms with Gasteiger partial charge in [0, 0.05) is 43.8 Å². The van der Waals surface area contributed by atoms with Crippen molar-refractivity contribution in [2.24, 2.45) is 0 Å². The molecule has 0 saturated carbocycles. The molecule has 1 aromatic carbocycles. The van der Waals surface area contributed by atoms with Crippen molar-refractivity contribution in [1.29, 1.82) is 0 Å². The molecule has 2 aromatic heterocycles. The fraction of sp³-hybridized carbons (Fsp3) is 0.333. The van der Waals surface area contributed by atoms with Crippen molar-refractivity contribution < 1.29 is 9.53 Å². The van der Waals surface area contributed by atoms with E-state index in [0.29, 0.717) is 44.6 Å². The number of likely N-dealkylation sites (tertiary alicyclic amines) is 1. The number of nitrogens with zero attached hydrogens (tertiary/aromatic N) is 4. The highest BCUT2D eigenvalue weighted by Crippen LogP contribution is 2.39. The van der Waals surface area contributed by atoms with Gasteiger partial charge in [0.2, 0.25) is 5.95 Å². The monoisotopic (exact) mass is 390 g/mol. The van der Waals surface area contributed by atoms with Crippen LogP contribution in [0.1, 0.15) is 33.9 Å². The van der Waals surface area contributed by atoms with Gasteiger partial charge in [0.05, 0.1) is 24.3 Å². The molecule has 1 atom stereocenters. The minimum absolute atomic E-state index is 0.0875. The van der Waals surface area contributed by atoms with Crippen LogP contribution in [0.5, 0.6) is 0 Å². The second-order valence-corrected chi connectivity index (χ2v) is 7.59. The van der Waals surface area contributed by atoms with Crippen LogP contribution < -0.4 is 5.32 Å². The summed E-state index contributed by atoms with van der Waals surface area (Å²) in [5, 5.41) is 3.32. The number of aromatic nitrogens is 4. The summed E-state index contributed by atoms with van der Waals surface area (Å²) < 4.78 is 5.86. The molecule has 0 bridgehead atoms. The molecule has 0 radical (unpaired) electrons. The first-order valence-electron chi connectivity index (χ1n) is 9.74. The molecule has 29 heavy (non-hydrogen) atoms. The van der Waals surface area contributed by atoms with E-state index in [1.807, 2.05) is 29.3 Å². The molecule has 5 rings (SSSR count). The number of hydrogen-bond acceptors (Lipinski definition) is 6. The number of nitrogens with one attached hydrogen (secondary N) is 2. The highest BCUT2D eigenvalue weighted by Gasteiger charge is 2.46. The molecule has 8 heteroatoms. The molecule has 1 spiro atoms. The smallest absolute Gasteiger partial charge is 0.289 e. The lowest BCUT2D eigenvalue weighted by Gasteiger charge is -2.34. The number of rotatable bonds is 4. The van der Waals surface area contributed by atoms with Crippen LogP contribution in [0.4, 0.5) is 5.95 Å². The number of carbonyl (C=O) groups excluding carboxylic acids is 1. The van der Waals surface area contributed by atoms with Crippen LogP contribution in [0, 0.1) is 0 Å². The summed E-state index contributed by atoms with van der Waals surface area (Å²) in [6.45, 7) is 2.93. The average molecular weight is 390 g/mol. The molecule has 1 fully saturated rings. The summed E-state index contributed by atoms with van der Waals surface area (Å²) in [7, 11) is 0. The van der Waals surface area contributed by atoms with Gasteiger partial charge in [-0.15, -0.1) is 0 Å². The summed E-state index contributed by atoms with van der Waals surface area (Å²) in [6, 6.07) is 10.2. The van der Waals surface area contributed by atoms with Crippen LogP contribution in [-0.2, 0) is 23.3 Å². The van der Waals surface area contributed by atoms with Gasteiger partial charge in [-0.25, -0.2) is 15.0 Å². The Labute approximate surface area is 168 Å². The Morgan fingerprint density at radius 1 is 1.28 bits per heavy atom. The standard InChI is InChI=1S/C21H22N6O2/c28-19(18-22-7-8-23-18)27-9-6-21(13-27)14-29-12-16-11-25-20(26-17(16)21)24-10-15-4-2-1-3-5-15/h1-5,7-8,11H,6,9-10,12-14H2,(H,22,23)(H,24,25,26). The molecule has 1 unspecified atom stereocenters. The average Bonchev–Trinajstić information content (AvgIpc) is 3.44. The van der Waals surface area contributed by atoms with E-state index >= 15 is 0 Å². The van der Waals surface area contributed by atoms with Crippen LogP contribution in [0.2, 0.25) is 0 Å². The normalized spacial score (nSPS) is 20.6. The fourth-order valence-electron chi connectivity index (χ4n) is 4.15. The largest absolute Gasteiger partial charge is 0.376 e. The Hall–Kier alpha value is -3.26. The lowest BCUT2D eigenvalue weighted by Crippen LogP contribution is -2.42. The van der Waals surface area contributed by atoms with E-state index < -0.39 is 0 Å². The number of anilines is 1. The highest BCUT2D eigenvalue weighted by molar-refractivity contribution is 5.90. The zero-order chi connectivity index (χ0) is 19.7. The molecule has 0 aliphatic carbocycles. The van der Waals surface area contributed by atoms with Crippen molar-refractivity contribution in [3.05, 3.63) is 71.6 Å². The van der Waals surface area contributed by atoms with E-state index in [0.717, 1.165) is 17.7 Å².